The monoisotopic (exact) mass is 492 g/mol. The fourth-order valence-electron chi connectivity index (χ4n) is 3.44. The number of hydrogen-bond acceptors (Lipinski definition) is 8. The summed E-state index contributed by atoms with van der Waals surface area (Å²) in [6.45, 7) is 2.19. The molecular weight excluding hydrogens is 473 g/mol. The van der Waals surface area contributed by atoms with Crippen LogP contribution in [0.15, 0.2) is 51.7 Å². The Morgan fingerprint density at radius 1 is 1.09 bits per heavy atom. The van der Waals surface area contributed by atoms with Gasteiger partial charge in [0, 0.05) is 12.7 Å². The van der Waals surface area contributed by atoms with Gasteiger partial charge in [-0.2, -0.15) is 13.2 Å². The van der Waals surface area contributed by atoms with Crippen LogP contribution in [-0.4, -0.2) is 31.3 Å². The second kappa shape index (κ2) is 9.79. The number of esters is 2. The number of hydrogen-bond donors (Lipinski definition) is 0. The van der Waals surface area contributed by atoms with Crippen LogP contribution in [0.1, 0.15) is 35.9 Å². The van der Waals surface area contributed by atoms with Crippen LogP contribution in [0.5, 0.6) is 17.2 Å². The second-order valence-corrected chi connectivity index (χ2v) is 7.51. The van der Waals surface area contributed by atoms with E-state index in [-0.39, 0.29) is 29.1 Å². The summed E-state index contributed by atoms with van der Waals surface area (Å²) in [7, 11) is 0. The highest BCUT2D eigenvalue weighted by Crippen LogP contribution is 2.38. The third-order valence-corrected chi connectivity index (χ3v) is 5.08. The minimum absolute atomic E-state index is 0.0995. The van der Waals surface area contributed by atoms with Crippen LogP contribution in [0.4, 0.5) is 13.2 Å². The Kier molecular flexibility index (Phi) is 6.79. The Labute approximate surface area is 196 Å². The molecule has 35 heavy (non-hydrogen) atoms. The first kappa shape index (κ1) is 24.3. The van der Waals surface area contributed by atoms with E-state index in [0.29, 0.717) is 19.4 Å². The van der Waals surface area contributed by atoms with Crippen molar-refractivity contribution in [3.05, 3.63) is 64.0 Å². The van der Waals surface area contributed by atoms with E-state index in [4.69, 9.17) is 23.4 Å². The predicted octanol–water partition coefficient (Wildman–Crippen LogP) is 4.87. The van der Waals surface area contributed by atoms with E-state index >= 15 is 0 Å². The summed E-state index contributed by atoms with van der Waals surface area (Å²) in [4.78, 5) is 36.8. The van der Waals surface area contributed by atoms with Crippen molar-refractivity contribution in [1.82, 2.24) is 0 Å². The molecule has 1 fully saturated rings. The smallest absolute Gasteiger partial charge is 0.453 e. The van der Waals surface area contributed by atoms with Crippen molar-refractivity contribution in [2.75, 3.05) is 13.2 Å². The first-order valence-corrected chi connectivity index (χ1v) is 10.6. The minimum atomic E-state index is -5.07. The average Bonchev–Trinajstić information content (AvgIpc) is 3.36. The van der Waals surface area contributed by atoms with Crippen LogP contribution in [0, 0.1) is 0 Å². The summed E-state index contributed by atoms with van der Waals surface area (Å²) in [6.07, 6.45) is -4.66. The summed E-state index contributed by atoms with van der Waals surface area (Å²) in [5, 5.41) is -0.215. The number of carbonyl (C=O) groups excluding carboxylic acids is 2. The molecule has 0 saturated carbocycles. The summed E-state index contributed by atoms with van der Waals surface area (Å²) in [5.74, 6) is -4.26. The molecule has 1 aromatic heterocycles. The largest absolute Gasteiger partial charge is 0.462 e. The standard InChI is InChI=1S/C24H19F3O8/c1-2-31-22(29)13-5-7-14(8-6-13)33-20-19(28)16-10-9-15(34-23(30)17-4-3-11-32-17)12-18(16)35-21(20)24(25,26)27/h5-10,12,17H,2-4,11H2,1H3. The highest BCUT2D eigenvalue weighted by molar-refractivity contribution is 5.89. The lowest BCUT2D eigenvalue weighted by Gasteiger charge is -2.14. The van der Waals surface area contributed by atoms with Crippen molar-refractivity contribution in [1.29, 1.82) is 0 Å². The van der Waals surface area contributed by atoms with Gasteiger partial charge in [-0.25, -0.2) is 9.59 Å². The molecule has 1 aliphatic rings. The molecule has 4 rings (SSSR count). The maximum absolute atomic E-state index is 13.8. The third kappa shape index (κ3) is 5.29. The lowest BCUT2D eigenvalue weighted by atomic mass is 10.2. The summed E-state index contributed by atoms with van der Waals surface area (Å²) in [5.41, 5.74) is -1.36. The van der Waals surface area contributed by atoms with Gasteiger partial charge in [0.25, 0.3) is 5.76 Å². The molecule has 8 nitrogen and oxygen atoms in total. The lowest BCUT2D eigenvalue weighted by Crippen LogP contribution is -2.24. The van der Waals surface area contributed by atoms with E-state index in [9.17, 15) is 27.6 Å². The van der Waals surface area contributed by atoms with Crippen molar-refractivity contribution in [2.24, 2.45) is 0 Å². The van der Waals surface area contributed by atoms with Gasteiger partial charge in [-0.3, -0.25) is 4.79 Å². The molecule has 2 heterocycles. The van der Waals surface area contributed by atoms with Crippen molar-refractivity contribution in [2.45, 2.75) is 32.0 Å². The highest BCUT2D eigenvalue weighted by atomic mass is 19.4. The molecule has 1 unspecified atom stereocenters. The van der Waals surface area contributed by atoms with Crippen LogP contribution < -0.4 is 14.9 Å². The average molecular weight is 492 g/mol. The van der Waals surface area contributed by atoms with Crippen molar-refractivity contribution in [3.63, 3.8) is 0 Å². The fourth-order valence-corrected chi connectivity index (χ4v) is 3.44. The molecule has 0 amide bonds. The molecule has 3 aromatic rings. The van der Waals surface area contributed by atoms with Gasteiger partial charge in [-0.15, -0.1) is 0 Å². The van der Waals surface area contributed by atoms with Gasteiger partial charge >= 0.3 is 18.1 Å². The van der Waals surface area contributed by atoms with Gasteiger partial charge in [-0.05, 0) is 56.2 Å². The summed E-state index contributed by atoms with van der Waals surface area (Å²) < 4.78 is 66.8. The fraction of sp³-hybridized carbons (Fsp3) is 0.292. The molecule has 1 atom stereocenters. The van der Waals surface area contributed by atoms with E-state index in [1.54, 1.807) is 6.92 Å². The molecule has 184 valence electrons. The Bertz CT molecular complexity index is 1310. The van der Waals surface area contributed by atoms with Gasteiger partial charge in [0.15, 0.2) is 6.10 Å². The van der Waals surface area contributed by atoms with Crippen LogP contribution >= 0.6 is 0 Å². The number of benzene rings is 2. The van der Waals surface area contributed by atoms with Crippen LogP contribution in [0.2, 0.25) is 0 Å². The second-order valence-electron chi connectivity index (χ2n) is 7.51. The van der Waals surface area contributed by atoms with Gasteiger partial charge in [-0.1, -0.05) is 0 Å². The molecule has 1 saturated heterocycles. The molecule has 0 N–H and O–H groups in total. The highest BCUT2D eigenvalue weighted by Gasteiger charge is 2.40. The number of carbonyl (C=O) groups is 2. The first-order chi connectivity index (χ1) is 16.7. The number of alkyl halides is 3. The zero-order valence-electron chi connectivity index (χ0n) is 18.3. The van der Waals surface area contributed by atoms with E-state index in [2.05, 4.69) is 0 Å². The molecule has 0 bridgehead atoms. The lowest BCUT2D eigenvalue weighted by molar-refractivity contribution is -0.154. The zero-order chi connectivity index (χ0) is 25.2. The Balaban J connectivity index is 1.68. The van der Waals surface area contributed by atoms with Gasteiger partial charge < -0.3 is 23.4 Å². The van der Waals surface area contributed by atoms with E-state index in [0.717, 1.165) is 6.07 Å². The van der Waals surface area contributed by atoms with E-state index in [1.807, 2.05) is 0 Å². The summed E-state index contributed by atoms with van der Waals surface area (Å²) in [6, 6.07) is 8.49. The normalized spacial score (nSPS) is 15.7. The van der Waals surface area contributed by atoms with Gasteiger partial charge in [0.2, 0.25) is 11.2 Å². The molecular formula is C24H19F3O8. The van der Waals surface area contributed by atoms with E-state index < -0.39 is 46.7 Å². The van der Waals surface area contributed by atoms with Crippen molar-refractivity contribution < 1.29 is 46.1 Å². The molecule has 1 aliphatic heterocycles. The topological polar surface area (TPSA) is 101 Å². The number of ether oxygens (including phenoxy) is 4. The van der Waals surface area contributed by atoms with Crippen LogP contribution in [0.25, 0.3) is 11.0 Å². The maximum atomic E-state index is 13.8. The number of fused-ring (bicyclic) bond motifs is 1. The molecule has 11 heteroatoms. The predicted molar refractivity (Wildman–Crippen MR) is 115 cm³/mol. The first-order valence-electron chi connectivity index (χ1n) is 10.6. The quantitative estimate of drug-likeness (QED) is 0.355. The zero-order valence-corrected chi connectivity index (χ0v) is 18.3. The third-order valence-electron chi connectivity index (χ3n) is 5.08. The van der Waals surface area contributed by atoms with E-state index in [1.165, 1.54) is 36.4 Å². The SMILES string of the molecule is CCOC(=O)c1ccc(Oc2c(C(F)(F)F)oc3cc(OC(=O)C4CCCO4)ccc3c2=O)cc1. The molecule has 2 aromatic carbocycles. The molecule has 0 radical (unpaired) electrons. The van der Waals surface area contributed by atoms with Gasteiger partial charge in [0.05, 0.1) is 17.6 Å². The molecule has 0 aliphatic carbocycles. The minimum Gasteiger partial charge on any atom is -0.462 e. The maximum Gasteiger partial charge on any atom is 0.453 e. The van der Waals surface area contributed by atoms with Crippen LogP contribution in [-0.2, 0) is 20.4 Å². The summed E-state index contributed by atoms with van der Waals surface area (Å²) >= 11 is 0. The Morgan fingerprint density at radius 3 is 2.43 bits per heavy atom. The van der Waals surface area contributed by atoms with Gasteiger partial charge in [0.1, 0.15) is 17.1 Å². The van der Waals surface area contributed by atoms with Crippen LogP contribution in [0.3, 0.4) is 0 Å². The van der Waals surface area contributed by atoms with Crippen molar-refractivity contribution >= 4 is 22.9 Å². The van der Waals surface area contributed by atoms with Crippen molar-refractivity contribution in [3.8, 4) is 17.2 Å². The number of rotatable bonds is 6. The number of halogens is 3. The Morgan fingerprint density at radius 2 is 1.80 bits per heavy atom. The molecule has 0 spiro atoms. The Hall–Kier alpha value is -3.86.